The van der Waals surface area contributed by atoms with Gasteiger partial charge in [0.2, 0.25) is 5.91 Å². The number of ether oxygens (including phenoxy) is 2. The molecule has 5 nitrogen and oxygen atoms in total. The highest BCUT2D eigenvalue weighted by Crippen LogP contribution is 2.18. The third kappa shape index (κ3) is 5.46. The third-order valence-corrected chi connectivity index (χ3v) is 2.80. The van der Waals surface area contributed by atoms with E-state index in [1.54, 1.807) is 0 Å². The first kappa shape index (κ1) is 15.7. The van der Waals surface area contributed by atoms with Gasteiger partial charge in [-0.25, -0.2) is 0 Å². The first-order valence-electron chi connectivity index (χ1n) is 5.83. The fourth-order valence-electron chi connectivity index (χ4n) is 1.91. The van der Waals surface area contributed by atoms with Crippen molar-refractivity contribution in [3.8, 4) is 0 Å². The number of carbonyl (C=O) groups excluding carboxylic acids is 2. The summed E-state index contributed by atoms with van der Waals surface area (Å²) in [5.74, 6) is -1.36. The summed E-state index contributed by atoms with van der Waals surface area (Å²) in [6, 6.07) is 0. The highest BCUT2D eigenvalue weighted by Gasteiger charge is 2.31. The van der Waals surface area contributed by atoms with Gasteiger partial charge in [-0.2, -0.15) is 13.2 Å². The van der Waals surface area contributed by atoms with Gasteiger partial charge >= 0.3 is 12.1 Å². The van der Waals surface area contributed by atoms with E-state index in [1.807, 2.05) is 0 Å². The van der Waals surface area contributed by atoms with Crippen LogP contribution in [0.4, 0.5) is 13.2 Å². The fourth-order valence-corrected chi connectivity index (χ4v) is 1.91. The van der Waals surface area contributed by atoms with Crippen LogP contribution in [0, 0.1) is 5.92 Å². The Hall–Kier alpha value is -1.31. The number of nitrogens with zero attached hydrogens (tertiary/aromatic N) is 1. The van der Waals surface area contributed by atoms with E-state index in [0.717, 1.165) is 0 Å². The molecule has 0 aliphatic carbocycles. The second kappa shape index (κ2) is 6.74. The molecule has 110 valence electrons. The summed E-state index contributed by atoms with van der Waals surface area (Å²) >= 11 is 0. The number of amides is 1. The minimum atomic E-state index is -4.45. The molecule has 0 bridgehead atoms. The molecule has 1 aliphatic rings. The van der Waals surface area contributed by atoms with Crippen LogP contribution in [0.3, 0.4) is 0 Å². The van der Waals surface area contributed by atoms with Crippen LogP contribution in [0.5, 0.6) is 0 Å². The van der Waals surface area contributed by atoms with Gasteiger partial charge in [-0.05, 0) is 12.8 Å². The quantitative estimate of drug-likeness (QED) is 0.722. The number of likely N-dealkylation sites (tertiary alicyclic amines) is 1. The second-order valence-electron chi connectivity index (χ2n) is 4.31. The number of halogens is 3. The SMILES string of the molecule is COC(=O)[C@H]1CCCN(C(=O)COCC(F)(F)F)C1. The van der Waals surface area contributed by atoms with Crippen molar-refractivity contribution in [2.45, 2.75) is 19.0 Å². The number of methoxy groups -OCH3 is 1. The molecular formula is C11H16F3NO4. The maximum atomic E-state index is 11.9. The average molecular weight is 283 g/mol. The van der Waals surface area contributed by atoms with Crippen molar-refractivity contribution in [2.75, 3.05) is 33.4 Å². The Morgan fingerprint density at radius 2 is 2.05 bits per heavy atom. The van der Waals surface area contributed by atoms with Gasteiger partial charge in [-0.1, -0.05) is 0 Å². The monoisotopic (exact) mass is 283 g/mol. The van der Waals surface area contributed by atoms with Crippen molar-refractivity contribution >= 4 is 11.9 Å². The van der Waals surface area contributed by atoms with Crippen molar-refractivity contribution in [3.63, 3.8) is 0 Å². The van der Waals surface area contributed by atoms with E-state index in [9.17, 15) is 22.8 Å². The molecule has 19 heavy (non-hydrogen) atoms. The molecule has 1 aliphatic heterocycles. The Labute approximate surface area is 108 Å². The smallest absolute Gasteiger partial charge is 0.411 e. The van der Waals surface area contributed by atoms with Crippen molar-refractivity contribution in [1.29, 1.82) is 0 Å². The molecule has 0 aromatic heterocycles. The fraction of sp³-hybridized carbons (Fsp3) is 0.818. The van der Waals surface area contributed by atoms with Crippen LogP contribution < -0.4 is 0 Å². The molecule has 1 saturated heterocycles. The lowest BCUT2D eigenvalue weighted by Crippen LogP contribution is -2.44. The first-order valence-corrected chi connectivity index (χ1v) is 5.83. The van der Waals surface area contributed by atoms with Gasteiger partial charge in [0, 0.05) is 13.1 Å². The van der Waals surface area contributed by atoms with Crippen LogP contribution in [0.25, 0.3) is 0 Å². The first-order chi connectivity index (χ1) is 8.83. The van der Waals surface area contributed by atoms with Crippen LogP contribution >= 0.6 is 0 Å². The summed E-state index contributed by atoms with van der Waals surface area (Å²) in [5, 5.41) is 0. The number of esters is 1. The van der Waals surface area contributed by atoms with Crippen LogP contribution in [-0.2, 0) is 19.1 Å². The molecule has 0 unspecified atom stereocenters. The standard InChI is InChI=1S/C11H16F3NO4/c1-18-10(17)8-3-2-4-15(5-8)9(16)6-19-7-11(12,13)14/h8H,2-7H2,1H3/t8-/m0/s1. The van der Waals surface area contributed by atoms with E-state index >= 15 is 0 Å². The molecule has 0 aromatic rings. The lowest BCUT2D eigenvalue weighted by atomic mass is 9.98. The molecule has 0 N–H and O–H groups in total. The van der Waals surface area contributed by atoms with Crippen LogP contribution in [0.15, 0.2) is 0 Å². The van der Waals surface area contributed by atoms with E-state index in [0.29, 0.717) is 19.4 Å². The molecule has 1 fully saturated rings. The minimum Gasteiger partial charge on any atom is -0.469 e. The molecule has 0 aromatic carbocycles. The van der Waals surface area contributed by atoms with E-state index in [2.05, 4.69) is 9.47 Å². The van der Waals surface area contributed by atoms with Gasteiger partial charge in [0.25, 0.3) is 0 Å². The molecule has 0 spiro atoms. The Morgan fingerprint density at radius 3 is 2.63 bits per heavy atom. The zero-order chi connectivity index (χ0) is 14.5. The lowest BCUT2D eigenvalue weighted by molar-refractivity contribution is -0.178. The van der Waals surface area contributed by atoms with Gasteiger partial charge in [-0.3, -0.25) is 9.59 Å². The highest BCUT2D eigenvalue weighted by atomic mass is 19.4. The van der Waals surface area contributed by atoms with E-state index < -0.39 is 37.2 Å². The summed E-state index contributed by atoms with van der Waals surface area (Å²) in [7, 11) is 1.26. The summed E-state index contributed by atoms with van der Waals surface area (Å²) in [5.41, 5.74) is 0. The molecule has 1 atom stereocenters. The maximum Gasteiger partial charge on any atom is 0.411 e. The topological polar surface area (TPSA) is 55.8 Å². The Morgan fingerprint density at radius 1 is 1.37 bits per heavy atom. The summed E-state index contributed by atoms with van der Waals surface area (Å²) in [6.45, 7) is -1.50. The minimum absolute atomic E-state index is 0.168. The molecule has 0 radical (unpaired) electrons. The van der Waals surface area contributed by atoms with Gasteiger partial charge in [0.05, 0.1) is 13.0 Å². The molecule has 8 heteroatoms. The summed E-state index contributed by atoms with van der Waals surface area (Å²) in [6.07, 6.45) is -3.22. The number of piperidine rings is 1. The van der Waals surface area contributed by atoms with Crippen molar-refractivity contribution in [2.24, 2.45) is 5.92 Å². The van der Waals surface area contributed by atoms with E-state index in [4.69, 9.17) is 0 Å². The summed E-state index contributed by atoms with van der Waals surface area (Å²) < 4.78 is 44.4. The molecular weight excluding hydrogens is 267 g/mol. The maximum absolute atomic E-state index is 11.9. The lowest BCUT2D eigenvalue weighted by Gasteiger charge is -2.31. The van der Waals surface area contributed by atoms with Crippen LogP contribution in [0.2, 0.25) is 0 Å². The van der Waals surface area contributed by atoms with Crippen molar-refractivity contribution in [1.82, 2.24) is 4.90 Å². The predicted octanol–water partition coefficient (Wildman–Crippen LogP) is 0.977. The zero-order valence-electron chi connectivity index (χ0n) is 10.5. The highest BCUT2D eigenvalue weighted by molar-refractivity contribution is 5.79. The van der Waals surface area contributed by atoms with Gasteiger partial charge < -0.3 is 14.4 Å². The zero-order valence-corrected chi connectivity index (χ0v) is 10.5. The number of carbonyl (C=O) groups is 2. The number of rotatable bonds is 4. The van der Waals surface area contributed by atoms with Gasteiger partial charge in [0.15, 0.2) is 0 Å². The summed E-state index contributed by atoms with van der Waals surface area (Å²) in [4.78, 5) is 24.3. The van der Waals surface area contributed by atoms with Crippen LogP contribution in [-0.4, -0.2) is 56.4 Å². The largest absolute Gasteiger partial charge is 0.469 e. The number of hydrogen-bond acceptors (Lipinski definition) is 4. The normalized spacial score (nSPS) is 20.2. The third-order valence-electron chi connectivity index (χ3n) is 2.80. The van der Waals surface area contributed by atoms with E-state index in [1.165, 1.54) is 12.0 Å². The number of hydrogen-bond donors (Lipinski definition) is 0. The Bertz CT molecular complexity index is 332. The Balaban J connectivity index is 2.38. The molecule has 1 amide bonds. The van der Waals surface area contributed by atoms with E-state index in [-0.39, 0.29) is 6.54 Å². The van der Waals surface area contributed by atoms with Gasteiger partial charge in [0.1, 0.15) is 13.2 Å². The number of alkyl halides is 3. The van der Waals surface area contributed by atoms with Crippen LogP contribution in [0.1, 0.15) is 12.8 Å². The van der Waals surface area contributed by atoms with Gasteiger partial charge in [-0.15, -0.1) is 0 Å². The van der Waals surface area contributed by atoms with Crippen molar-refractivity contribution < 1.29 is 32.2 Å². The average Bonchev–Trinajstić information content (AvgIpc) is 2.36. The molecule has 1 rings (SSSR count). The molecule has 1 heterocycles. The Kier molecular flexibility index (Phi) is 5.59. The second-order valence-corrected chi connectivity index (χ2v) is 4.31. The van der Waals surface area contributed by atoms with Crippen molar-refractivity contribution in [3.05, 3.63) is 0 Å². The molecule has 0 saturated carbocycles. The predicted molar refractivity (Wildman–Crippen MR) is 58.2 cm³/mol.